The molecule has 0 saturated carbocycles. The van der Waals surface area contributed by atoms with E-state index in [0.29, 0.717) is 24.9 Å². The molecule has 1 fully saturated rings. The molecule has 2 heterocycles. The van der Waals surface area contributed by atoms with Gasteiger partial charge in [0.1, 0.15) is 5.82 Å². The number of nitrogens with zero attached hydrogens (tertiary/aromatic N) is 4. The van der Waals surface area contributed by atoms with Gasteiger partial charge < -0.3 is 10.6 Å². The van der Waals surface area contributed by atoms with Crippen molar-refractivity contribution in [2.24, 2.45) is 0 Å². The van der Waals surface area contributed by atoms with Gasteiger partial charge in [-0.2, -0.15) is 15.0 Å². The zero-order chi connectivity index (χ0) is 13.2. The number of aryl methyl sites for hydroxylation is 1. The van der Waals surface area contributed by atoms with Crippen LogP contribution in [0.2, 0.25) is 0 Å². The van der Waals surface area contributed by atoms with E-state index in [1.54, 1.807) is 0 Å². The first-order valence-electron chi connectivity index (χ1n) is 5.96. The molecule has 7 nitrogen and oxygen atoms in total. The lowest BCUT2D eigenvalue weighted by Crippen LogP contribution is -2.41. The quantitative estimate of drug-likeness (QED) is 0.801. The first-order valence-corrected chi connectivity index (χ1v) is 7.78. The lowest BCUT2D eigenvalue weighted by Gasteiger charge is -2.26. The Balaban J connectivity index is 2.18. The monoisotopic (exact) mass is 271 g/mol. The van der Waals surface area contributed by atoms with Gasteiger partial charge in [-0.05, 0) is 6.42 Å². The van der Waals surface area contributed by atoms with Gasteiger partial charge in [-0.1, -0.05) is 6.92 Å². The summed E-state index contributed by atoms with van der Waals surface area (Å²) in [6.45, 7) is 2.86. The molecule has 1 saturated heterocycles. The van der Waals surface area contributed by atoms with E-state index in [0.717, 1.165) is 12.8 Å². The van der Waals surface area contributed by atoms with Crippen LogP contribution in [0.25, 0.3) is 0 Å². The van der Waals surface area contributed by atoms with Gasteiger partial charge in [-0.3, -0.25) is 0 Å². The Morgan fingerprint density at radius 2 is 1.89 bits per heavy atom. The first kappa shape index (κ1) is 13.0. The van der Waals surface area contributed by atoms with Crippen molar-refractivity contribution in [1.82, 2.24) is 15.0 Å². The zero-order valence-corrected chi connectivity index (χ0v) is 11.2. The van der Waals surface area contributed by atoms with Crippen molar-refractivity contribution in [1.29, 1.82) is 0 Å². The molecule has 0 spiro atoms. The summed E-state index contributed by atoms with van der Waals surface area (Å²) < 4.78 is 22.7. The number of aromatic nitrogens is 3. The third kappa shape index (κ3) is 3.06. The average molecular weight is 271 g/mol. The Labute approximate surface area is 106 Å². The second kappa shape index (κ2) is 5.05. The molecule has 0 atom stereocenters. The minimum absolute atomic E-state index is 0.141. The molecule has 2 rings (SSSR count). The highest BCUT2D eigenvalue weighted by Crippen LogP contribution is 2.13. The van der Waals surface area contributed by atoms with E-state index in [9.17, 15) is 8.42 Å². The highest BCUT2D eigenvalue weighted by Gasteiger charge is 2.23. The summed E-state index contributed by atoms with van der Waals surface area (Å²) >= 11 is 0. The summed E-state index contributed by atoms with van der Waals surface area (Å²) in [5.41, 5.74) is 5.64. The fourth-order valence-electron chi connectivity index (χ4n) is 1.81. The normalized spacial score (nSPS) is 18.8. The molecule has 2 N–H and O–H groups in total. The molecule has 0 radical (unpaired) electrons. The molecule has 0 amide bonds. The van der Waals surface area contributed by atoms with Gasteiger partial charge in [0.25, 0.3) is 0 Å². The van der Waals surface area contributed by atoms with Crippen LogP contribution in [-0.2, 0) is 16.3 Å². The van der Waals surface area contributed by atoms with Gasteiger partial charge in [0, 0.05) is 19.5 Å². The molecular weight excluding hydrogens is 254 g/mol. The van der Waals surface area contributed by atoms with E-state index in [1.165, 1.54) is 0 Å². The minimum Gasteiger partial charge on any atom is -0.368 e. The maximum Gasteiger partial charge on any atom is 0.230 e. The topological polar surface area (TPSA) is 102 Å². The molecule has 1 aromatic rings. The van der Waals surface area contributed by atoms with Crippen LogP contribution in [0.4, 0.5) is 11.9 Å². The summed E-state index contributed by atoms with van der Waals surface area (Å²) in [6, 6.07) is 0. The highest BCUT2D eigenvalue weighted by atomic mass is 32.2. The van der Waals surface area contributed by atoms with E-state index in [4.69, 9.17) is 5.73 Å². The summed E-state index contributed by atoms with van der Waals surface area (Å²) in [6.07, 6.45) is 1.67. The van der Waals surface area contributed by atoms with Crippen molar-refractivity contribution < 1.29 is 8.42 Å². The predicted molar refractivity (Wildman–Crippen MR) is 69.1 cm³/mol. The standard InChI is InChI=1S/C10H17N5O2S/c1-2-3-8-12-9(11)14-10(13-8)15-4-6-18(16,17)7-5-15/h2-7H2,1H3,(H2,11,12,13,14). The first-order chi connectivity index (χ1) is 8.50. The molecule has 8 heteroatoms. The number of hydrogen-bond donors (Lipinski definition) is 1. The van der Waals surface area contributed by atoms with Gasteiger partial charge in [0.05, 0.1) is 11.5 Å². The molecule has 100 valence electrons. The molecule has 0 aromatic carbocycles. The second-order valence-electron chi connectivity index (χ2n) is 4.30. The van der Waals surface area contributed by atoms with Crippen LogP contribution in [0.5, 0.6) is 0 Å². The van der Waals surface area contributed by atoms with Crippen molar-refractivity contribution in [3.63, 3.8) is 0 Å². The zero-order valence-electron chi connectivity index (χ0n) is 10.3. The maximum absolute atomic E-state index is 11.4. The number of rotatable bonds is 3. The molecule has 18 heavy (non-hydrogen) atoms. The van der Waals surface area contributed by atoms with E-state index in [1.807, 2.05) is 11.8 Å². The van der Waals surface area contributed by atoms with Crippen LogP contribution >= 0.6 is 0 Å². The van der Waals surface area contributed by atoms with Gasteiger partial charge >= 0.3 is 0 Å². The average Bonchev–Trinajstić information content (AvgIpc) is 2.28. The molecular formula is C10H17N5O2S. The van der Waals surface area contributed by atoms with Crippen LogP contribution < -0.4 is 10.6 Å². The second-order valence-corrected chi connectivity index (χ2v) is 6.60. The Morgan fingerprint density at radius 1 is 1.22 bits per heavy atom. The SMILES string of the molecule is CCCc1nc(N)nc(N2CCS(=O)(=O)CC2)n1. The molecule has 0 bridgehead atoms. The molecule has 0 aliphatic carbocycles. The number of sulfone groups is 1. The van der Waals surface area contributed by atoms with Crippen molar-refractivity contribution in [2.45, 2.75) is 19.8 Å². The third-order valence-corrected chi connectivity index (χ3v) is 4.40. The largest absolute Gasteiger partial charge is 0.368 e. The van der Waals surface area contributed by atoms with E-state index < -0.39 is 9.84 Å². The van der Waals surface area contributed by atoms with Crippen LogP contribution in [0.15, 0.2) is 0 Å². The van der Waals surface area contributed by atoms with Crippen LogP contribution in [-0.4, -0.2) is 48.0 Å². The molecule has 1 aromatic heterocycles. The Hall–Kier alpha value is -1.44. The lowest BCUT2D eigenvalue weighted by molar-refractivity contribution is 0.585. The summed E-state index contributed by atoms with van der Waals surface area (Å²) in [7, 11) is -2.90. The number of hydrogen-bond acceptors (Lipinski definition) is 7. The fraction of sp³-hybridized carbons (Fsp3) is 0.700. The van der Waals surface area contributed by atoms with Gasteiger partial charge in [-0.25, -0.2) is 8.42 Å². The summed E-state index contributed by atoms with van der Waals surface area (Å²) in [5.74, 6) is 1.62. The number of anilines is 2. The van der Waals surface area contributed by atoms with E-state index in [2.05, 4.69) is 15.0 Å². The molecule has 0 unspecified atom stereocenters. The fourth-order valence-corrected chi connectivity index (χ4v) is 3.02. The summed E-state index contributed by atoms with van der Waals surface area (Å²) in [5, 5.41) is 0. The van der Waals surface area contributed by atoms with E-state index >= 15 is 0 Å². The van der Waals surface area contributed by atoms with Crippen LogP contribution in [0, 0.1) is 0 Å². The van der Waals surface area contributed by atoms with Crippen LogP contribution in [0.3, 0.4) is 0 Å². The smallest absolute Gasteiger partial charge is 0.230 e. The van der Waals surface area contributed by atoms with Crippen LogP contribution in [0.1, 0.15) is 19.2 Å². The molecule has 1 aliphatic rings. The van der Waals surface area contributed by atoms with E-state index in [-0.39, 0.29) is 17.5 Å². The summed E-state index contributed by atoms with van der Waals surface area (Å²) in [4.78, 5) is 14.3. The Morgan fingerprint density at radius 3 is 2.50 bits per heavy atom. The van der Waals surface area contributed by atoms with Gasteiger partial charge in [0.2, 0.25) is 11.9 Å². The number of nitrogen functional groups attached to an aromatic ring is 1. The van der Waals surface area contributed by atoms with Gasteiger partial charge in [0.15, 0.2) is 9.84 Å². The van der Waals surface area contributed by atoms with Crippen molar-refractivity contribution >= 4 is 21.7 Å². The molecule has 1 aliphatic heterocycles. The van der Waals surface area contributed by atoms with Gasteiger partial charge in [-0.15, -0.1) is 0 Å². The maximum atomic E-state index is 11.4. The predicted octanol–water partition coefficient (Wildman–Crippen LogP) is -0.359. The third-order valence-electron chi connectivity index (χ3n) is 2.79. The van der Waals surface area contributed by atoms with Crippen molar-refractivity contribution in [3.05, 3.63) is 5.82 Å². The number of nitrogens with two attached hydrogens (primary N) is 1. The highest BCUT2D eigenvalue weighted by molar-refractivity contribution is 7.91. The van der Waals surface area contributed by atoms with Crippen molar-refractivity contribution in [2.75, 3.05) is 35.2 Å². The van der Waals surface area contributed by atoms with Crippen molar-refractivity contribution in [3.8, 4) is 0 Å². The minimum atomic E-state index is -2.90. The lowest BCUT2D eigenvalue weighted by atomic mass is 10.3. The Bertz CT molecular complexity index is 517. The Kier molecular flexibility index (Phi) is 3.65.